The first-order valence-electron chi connectivity index (χ1n) is 9.26. The topological polar surface area (TPSA) is 81.5 Å². The van der Waals surface area contributed by atoms with Crippen LogP contribution in [0.4, 0.5) is 5.69 Å². The van der Waals surface area contributed by atoms with Crippen LogP contribution in [0.15, 0.2) is 18.2 Å². The number of carbonyl (C=O) groups is 1. The highest BCUT2D eigenvalue weighted by molar-refractivity contribution is 6.32. The van der Waals surface area contributed by atoms with Gasteiger partial charge >= 0.3 is 0 Å². The number of nitrogens with zero attached hydrogens (tertiary/aromatic N) is 1. The van der Waals surface area contributed by atoms with Crippen molar-refractivity contribution < 1.29 is 14.5 Å². The molecule has 1 aromatic carbocycles. The molecule has 4 fully saturated rings. The highest BCUT2D eigenvalue weighted by Gasteiger charge is 2.51. The molecule has 7 heteroatoms. The monoisotopic (exact) mass is 378 g/mol. The Balaban J connectivity index is 1.42. The third-order valence-corrected chi connectivity index (χ3v) is 6.52. The summed E-state index contributed by atoms with van der Waals surface area (Å²) in [4.78, 5) is 23.0. The molecule has 1 amide bonds. The van der Waals surface area contributed by atoms with E-state index in [4.69, 9.17) is 16.3 Å². The smallest absolute Gasteiger partial charge is 0.271 e. The largest absolute Gasteiger partial charge is 0.479 e. The summed E-state index contributed by atoms with van der Waals surface area (Å²) in [6.07, 6.45) is 6.49. The van der Waals surface area contributed by atoms with Crippen molar-refractivity contribution >= 4 is 23.2 Å². The number of carbonyl (C=O) groups excluding carboxylic acids is 1. The minimum Gasteiger partial charge on any atom is -0.479 e. The van der Waals surface area contributed by atoms with Gasteiger partial charge in [0, 0.05) is 17.7 Å². The second-order valence-electron chi connectivity index (χ2n) is 8.32. The molecule has 26 heavy (non-hydrogen) atoms. The molecule has 0 saturated heterocycles. The summed E-state index contributed by atoms with van der Waals surface area (Å²) < 4.78 is 5.69. The minimum absolute atomic E-state index is 0.0667. The Kier molecular flexibility index (Phi) is 4.34. The van der Waals surface area contributed by atoms with Crippen molar-refractivity contribution in [3.05, 3.63) is 33.3 Å². The zero-order valence-electron chi connectivity index (χ0n) is 14.7. The number of nitro benzene ring substituents is 1. The zero-order chi connectivity index (χ0) is 18.5. The Morgan fingerprint density at radius 1 is 1.27 bits per heavy atom. The van der Waals surface area contributed by atoms with Crippen LogP contribution in [-0.4, -0.2) is 22.5 Å². The Bertz CT molecular complexity index is 716. The zero-order valence-corrected chi connectivity index (χ0v) is 15.5. The Morgan fingerprint density at radius 3 is 2.35 bits per heavy atom. The number of amides is 1. The van der Waals surface area contributed by atoms with E-state index >= 15 is 0 Å². The summed E-state index contributed by atoms with van der Waals surface area (Å²) in [5.41, 5.74) is -0.170. The normalized spacial score (nSPS) is 32.9. The first-order valence-corrected chi connectivity index (χ1v) is 9.64. The van der Waals surface area contributed by atoms with E-state index in [1.54, 1.807) is 6.92 Å². The molecule has 1 N–H and O–H groups in total. The molecule has 1 aromatic rings. The maximum absolute atomic E-state index is 12.7. The lowest BCUT2D eigenvalue weighted by molar-refractivity contribution is -0.384. The average molecular weight is 379 g/mol. The fourth-order valence-electron chi connectivity index (χ4n) is 5.57. The van der Waals surface area contributed by atoms with Crippen LogP contribution in [0.2, 0.25) is 5.02 Å². The van der Waals surface area contributed by atoms with E-state index in [0.29, 0.717) is 0 Å². The first kappa shape index (κ1) is 17.6. The number of hydrogen-bond donors (Lipinski definition) is 1. The van der Waals surface area contributed by atoms with Crippen molar-refractivity contribution in [1.82, 2.24) is 5.32 Å². The highest BCUT2D eigenvalue weighted by atomic mass is 35.5. The van der Waals surface area contributed by atoms with Crippen LogP contribution in [0.5, 0.6) is 5.75 Å². The molecule has 4 bridgehead atoms. The van der Waals surface area contributed by atoms with Gasteiger partial charge in [-0.05, 0) is 69.3 Å². The van der Waals surface area contributed by atoms with Gasteiger partial charge < -0.3 is 10.1 Å². The quantitative estimate of drug-likeness (QED) is 0.617. The fraction of sp³-hybridized carbons (Fsp3) is 0.632. The maximum Gasteiger partial charge on any atom is 0.271 e. The third kappa shape index (κ3) is 3.27. The number of rotatable bonds is 5. The molecule has 0 heterocycles. The molecular formula is C19H23ClN2O4. The van der Waals surface area contributed by atoms with Gasteiger partial charge in [-0.3, -0.25) is 14.9 Å². The van der Waals surface area contributed by atoms with Crippen molar-refractivity contribution in [2.24, 2.45) is 17.8 Å². The molecule has 6 nitrogen and oxygen atoms in total. The SMILES string of the molecule is C[C@@H](Oc1ccc([N+](=O)[O-])cc1Cl)C(=O)NC12CC3CC(CC(C3)C1)C2. The molecule has 5 rings (SSSR count). The standard InChI is InChI=1S/C19H23ClN2O4/c1-11(26-17-3-2-15(22(24)25)7-16(17)20)18(23)21-19-8-12-4-13(9-19)6-14(5-12)10-19/h2-3,7,11-14H,4-6,8-10H2,1H3,(H,21,23)/t11-,12?,13?,14?,19?/m1/s1. The van der Waals surface area contributed by atoms with Gasteiger partial charge in [-0.1, -0.05) is 11.6 Å². The van der Waals surface area contributed by atoms with E-state index in [-0.39, 0.29) is 27.9 Å². The molecule has 4 aliphatic rings. The van der Waals surface area contributed by atoms with Crippen LogP contribution in [0.3, 0.4) is 0 Å². The van der Waals surface area contributed by atoms with Gasteiger partial charge in [0.1, 0.15) is 5.75 Å². The lowest BCUT2D eigenvalue weighted by Gasteiger charge is -2.57. The molecule has 0 radical (unpaired) electrons. The van der Waals surface area contributed by atoms with Crippen LogP contribution in [0, 0.1) is 27.9 Å². The van der Waals surface area contributed by atoms with E-state index in [9.17, 15) is 14.9 Å². The van der Waals surface area contributed by atoms with Crippen LogP contribution in [-0.2, 0) is 4.79 Å². The number of ether oxygens (including phenoxy) is 1. The van der Waals surface area contributed by atoms with Crippen LogP contribution in [0.1, 0.15) is 45.4 Å². The third-order valence-electron chi connectivity index (χ3n) is 6.23. The van der Waals surface area contributed by atoms with Crippen LogP contribution < -0.4 is 10.1 Å². The molecule has 0 aromatic heterocycles. The van der Waals surface area contributed by atoms with Gasteiger partial charge in [-0.25, -0.2) is 0 Å². The number of nitrogens with one attached hydrogen (secondary N) is 1. The van der Waals surface area contributed by atoms with Crippen molar-refractivity contribution in [3.63, 3.8) is 0 Å². The van der Waals surface area contributed by atoms with Crippen molar-refractivity contribution in [1.29, 1.82) is 0 Å². The number of benzene rings is 1. The fourth-order valence-corrected chi connectivity index (χ4v) is 5.79. The molecule has 1 atom stereocenters. The predicted molar refractivity (Wildman–Crippen MR) is 97.2 cm³/mol. The molecule has 140 valence electrons. The predicted octanol–water partition coefficient (Wildman–Crippen LogP) is 4.10. The Hall–Kier alpha value is -1.82. The van der Waals surface area contributed by atoms with Gasteiger partial charge in [-0.15, -0.1) is 0 Å². The maximum atomic E-state index is 12.7. The molecule has 0 spiro atoms. The van der Waals surface area contributed by atoms with Gasteiger partial charge in [-0.2, -0.15) is 0 Å². The van der Waals surface area contributed by atoms with Gasteiger partial charge in [0.2, 0.25) is 0 Å². The average Bonchev–Trinajstić information content (AvgIpc) is 2.54. The van der Waals surface area contributed by atoms with Gasteiger partial charge in [0.25, 0.3) is 11.6 Å². The Labute approximate surface area is 157 Å². The highest BCUT2D eigenvalue weighted by Crippen LogP contribution is 2.55. The lowest BCUT2D eigenvalue weighted by Crippen LogP contribution is -2.61. The molecule has 0 unspecified atom stereocenters. The van der Waals surface area contributed by atoms with E-state index in [1.807, 2.05) is 0 Å². The minimum atomic E-state index is -0.707. The first-order chi connectivity index (χ1) is 12.3. The summed E-state index contributed by atoms with van der Waals surface area (Å²) in [5, 5.41) is 14.2. The molecular weight excluding hydrogens is 356 g/mol. The number of halogens is 1. The lowest BCUT2D eigenvalue weighted by atomic mass is 9.53. The molecule has 0 aliphatic heterocycles. The number of hydrogen-bond acceptors (Lipinski definition) is 4. The second-order valence-corrected chi connectivity index (χ2v) is 8.73. The van der Waals surface area contributed by atoms with Crippen LogP contribution >= 0.6 is 11.6 Å². The number of non-ortho nitro benzene ring substituents is 1. The Morgan fingerprint density at radius 2 is 1.85 bits per heavy atom. The summed E-state index contributed by atoms with van der Waals surface area (Å²) in [6, 6.07) is 4.00. The van der Waals surface area contributed by atoms with Crippen molar-refractivity contribution in [3.8, 4) is 5.75 Å². The van der Waals surface area contributed by atoms with E-state index in [0.717, 1.165) is 37.0 Å². The molecule has 4 saturated carbocycles. The van der Waals surface area contributed by atoms with E-state index in [2.05, 4.69) is 5.32 Å². The van der Waals surface area contributed by atoms with E-state index < -0.39 is 11.0 Å². The van der Waals surface area contributed by atoms with Crippen molar-refractivity contribution in [2.45, 2.75) is 57.1 Å². The van der Waals surface area contributed by atoms with Crippen LogP contribution in [0.25, 0.3) is 0 Å². The van der Waals surface area contributed by atoms with Crippen molar-refractivity contribution in [2.75, 3.05) is 0 Å². The summed E-state index contributed by atoms with van der Waals surface area (Å²) in [5.74, 6) is 2.40. The summed E-state index contributed by atoms with van der Waals surface area (Å²) in [6.45, 7) is 1.69. The summed E-state index contributed by atoms with van der Waals surface area (Å²) in [7, 11) is 0. The van der Waals surface area contributed by atoms with Gasteiger partial charge in [0.05, 0.1) is 9.95 Å². The molecule has 4 aliphatic carbocycles. The second kappa shape index (κ2) is 6.41. The van der Waals surface area contributed by atoms with E-state index in [1.165, 1.54) is 37.5 Å². The van der Waals surface area contributed by atoms with Gasteiger partial charge in [0.15, 0.2) is 6.10 Å². The number of nitro groups is 1. The summed E-state index contributed by atoms with van der Waals surface area (Å²) >= 11 is 6.06.